The van der Waals surface area contributed by atoms with Gasteiger partial charge in [0.15, 0.2) is 0 Å². The van der Waals surface area contributed by atoms with Gasteiger partial charge in [-0.1, -0.05) is 18.2 Å². The third-order valence-electron chi connectivity index (χ3n) is 4.43. The second-order valence-electron chi connectivity index (χ2n) is 8.07. The molecular formula is C21H25FN4O2S. The highest BCUT2D eigenvalue weighted by Gasteiger charge is 2.34. The van der Waals surface area contributed by atoms with Crippen LogP contribution in [-0.4, -0.2) is 46.7 Å². The van der Waals surface area contributed by atoms with E-state index in [0.717, 1.165) is 16.2 Å². The first-order valence-electron chi connectivity index (χ1n) is 9.36. The van der Waals surface area contributed by atoms with Crippen molar-refractivity contribution >= 4 is 29.0 Å². The fourth-order valence-corrected chi connectivity index (χ4v) is 3.76. The molecule has 1 aliphatic heterocycles. The van der Waals surface area contributed by atoms with Crippen molar-refractivity contribution in [3.63, 3.8) is 0 Å². The molecule has 0 saturated carbocycles. The summed E-state index contributed by atoms with van der Waals surface area (Å²) < 4.78 is 13.4. The maximum atomic E-state index is 13.4. The average molecular weight is 417 g/mol. The van der Waals surface area contributed by atoms with Crippen LogP contribution in [0.1, 0.15) is 43.7 Å². The summed E-state index contributed by atoms with van der Waals surface area (Å²) in [7, 11) is 1.58. The van der Waals surface area contributed by atoms with Crippen LogP contribution in [-0.2, 0) is 4.79 Å². The molecule has 6 nitrogen and oxygen atoms in total. The lowest BCUT2D eigenvalue weighted by atomic mass is 10.0. The van der Waals surface area contributed by atoms with Crippen LogP contribution in [0.3, 0.4) is 0 Å². The van der Waals surface area contributed by atoms with Gasteiger partial charge in [-0.15, -0.1) is 11.3 Å². The Morgan fingerprint density at radius 3 is 2.55 bits per heavy atom. The molecule has 1 aromatic heterocycles. The van der Waals surface area contributed by atoms with Gasteiger partial charge >= 0.3 is 6.03 Å². The van der Waals surface area contributed by atoms with E-state index in [9.17, 15) is 14.0 Å². The highest BCUT2D eigenvalue weighted by atomic mass is 32.1. The zero-order valence-corrected chi connectivity index (χ0v) is 17.8. The lowest BCUT2D eigenvalue weighted by molar-refractivity contribution is -0.133. The predicted octanol–water partition coefficient (Wildman–Crippen LogP) is 4.00. The number of urea groups is 1. The van der Waals surface area contributed by atoms with Crippen molar-refractivity contribution in [3.05, 3.63) is 58.0 Å². The number of likely N-dealkylation sites (N-methyl/N-ethyl adjacent to an activating group) is 1. The number of nitrogens with zero attached hydrogens (tertiary/aromatic N) is 3. The summed E-state index contributed by atoms with van der Waals surface area (Å²) >= 11 is 1.56. The fourth-order valence-electron chi connectivity index (χ4n) is 3.04. The molecule has 1 unspecified atom stereocenters. The van der Waals surface area contributed by atoms with Gasteiger partial charge in [0, 0.05) is 19.0 Å². The predicted molar refractivity (Wildman–Crippen MR) is 112 cm³/mol. The van der Waals surface area contributed by atoms with Gasteiger partial charge in [-0.05, 0) is 49.9 Å². The highest BCUT2D eigenvalue weighted by molar-refractivity contribution is 7.12. The fraction of sp³-hybridized carbons (Fsp3) is 0.381. The van der Waals surface area contributed by atoms with E-state index in [4.69, 9.17) is 0 Å². The Bertz CT molecular complexity index is 904. The van der Waals surface area contributed by atoms with Crippen molar-refractivity contribution in [2.75, 3.05) is 13.6 Å². The topological polar surface area (TPSA) is 65.0 Å². The van der Waals surface area contributed by atoms with Gasteiger partial charge in [-0.3, -0.25) is 4.79 Å². The van der Waals surface area contributed by atoms with E-state index in [1.807, 2.05) is 38.3 Å². The standard InChI is InChI=1S/C21H25FN4O2S/c1-21(2,3)23-20(28)25(4)13-19(27)26-17(14-7-9-15(22)10-8-14)12-16(24-26)18-6-5-11-29-18/h5-11,17H,12-13H2,1-4H3,(H,23,28). The quantitative estimate of drug-likeness (QED) is 0.819. The Kier molecular flexibility index (Phi) is 6.02. The number of hydrazone groups is 1. The van der Waals surface area contributed by atoms with E-state index < -0.39 is 5.54 Å². The van der Waals surface area contributed by atoms with Gasteiger partial charge in [-0.2, -0.15) is 5.10 Å². The molecule has 0 saturated heterocycles. The van der Waals surface area contributed by atoms with Gasteiger partial charge in [0.2, 0.25) is 0 Å². The van der Waals surface area contributed by atoms with Crippen molar-refractivity contribution < 1.29 is 14.0 Å². The molecule has 154 valence electrons. The van der Waals surface area contributed by atoms with Crippen LogP contribution in [0.15, 0.2) is 46.9 Å². The number of hydrogen-bond donors (Lipinski definition) is 1. The molecule has 2 heterocycles. The van der Waals surface area contributed by atoms with Gasteiger partial charge in [0.1, 0.15) is 12.4 Å². The molecule has 1 aromatic carbocycles. The molecular weight excluding hydrogens is 391 g/mol. The van der Waals surface area contributed by atoms with Crippen LogP contribution >= 0.6 is 11.3 Å². The number of rotatable bonds is 4. The lowest BCUT2D eigenvalue weighted by Gasteiger charge is -2.27. The van der Waals surface area contributed by atoms with Crippen molar-refractivity contribution in [2.45, 2.75) is 38.8 Å². The number of benzene rings is 1. The minimum Gasteiger partial charge on any atom is -0.333 e. The molecule has 2 aromatic rings. The van der Waals surface area contributed by atoms with E-state index in [1.54, 1.807) is 30.5 Å². The Labute approximate surface area is 174 Å². The molecule has 0 aliphatic carbocycles. The molecule has 0 bridgehead atoms. The summed E-state index contributed by atoms with van der Waals surface area (Å²) in [6.45, 7) is 5.52. The summed E-state index contributed by atoms with van der Waals surface area (Å²) in [4.78, 5) is 27.7. The van der Waals surface area contributed by atoms with Crippen molar-refractivity contribution in [3.8, 4) is 0 Å². The molecule has 29 heavy (non-hydrogen) atoms. The molecule has 8 heteroatoms. The zero-order chi connectivity index (χ0) is 21.2. The molecule has 0 spiro atoms. The smallest absolute Gasteiger partial charge is 0.318 e. The highest BCUT2D eigenvalue weighted by Crippen LogP contribution is 2.34. The Balaban J connectivity index is 1.80. The van der Waals surface area contributed by atoms with Gasteiger partial charge in [0.25, 0.3) is 5.91 Å². The third kappa shape index (κ3) is 5.20. The van der Waals surface area contributed by atoms with E-state index >= 15 is 0 Å². The SMILES string of the molecule is CN(CC(=O)N1N=C(c2cccs2)CC1c1ccc(F)cc1)C(=O)NC(C)(C)C. The summed E-state index contributed by atoms with van der Waals surface area (Å²) in [5.74, 6) is -0.625. The molecule has 0 radical (unpaired) electrons. The lowest BCUT2D eigenvalue weighted by Crippen LogP contribution is -2.49. The van der Waals surface area contributed by atoms with Crippen LogP contribution in [0.5, 0.6) is 0 Å². The van der Waals surface area contributed by atoms with Crippen LogP contribution in [0, 0.1) is 5.82 Å². The number of carbonyl (C=O) groups is 2. The molecule has 1 aliphatic rings. The van der Waals surface area contributed by atoms with Gasteiger partial charge in [-0.25, -0.2) is 14.2 Å². The maximum Gasteiger partial charge on any atom is 0.318 e. The van der Waals surface area contributed by atoms with Crippen LogP contribution < -0.4 is 5.32 Å². The van der Waals surface area contributed by atoms with Crippen LogP contribution in [0.25, 0.3) is 0 Å². The van der Waals surface area contributed by atoms with Crippen molar-refractivity contribution in [1.29, 1.82) is 0 Å². The monoisotopic (exact) mass is 416 g/mol. The van der Waals surface area contributed by atoms with Crippen LogP contribution in [0.4, 0.5) is 9.18 Å². The first-order valence-corrected chi connectivity index (χ1v) is 10.2. The molecule has 0 fully saturated rings. The minimum absolute atomic E-state index is 0.110. The number of thiophene rings is 1. The second kappa shape index (κ2) is 8.32. The Morgan fingerprint density at radius 2 is 1.97 bits per heavy atom. The summed E-state index contributed by atoms with van der Waals surface area (Å²) in [5.41, 5.74) is 1.21. The molecule has 3 amide bonds. The number of halogens is 1. The normalized spacial score (nSPS) is 16.5. The average Bonchev–Trinajstić information content (AvgIpc) is 3.30. The molecule has 1 atom stereocenters. The summed E-state index contributed by atoms with van der Waals surface area (Å²) in [6, 6.07) is 9.33. The Hall–Kier alpha value is -2.74. The largest absolute Gasteiger partial charge is 0.333 e. The van der Waals surface area contributed by atoms with Crippen molar-refractivity contribution in [2.24, 2.45) is 5.10 Å². The number of nitrogens with one attached hydrogen (secondary N) is 1. The van der Waals surface area contributed by atoms with E-state index in [-0.39, 0.29) is 30.3 Å². The Morgan fingerprint density at radius 1 is 1.28 bits per heavy atom. The maximum absolute atomic E-state index is 13.4. The van der Waals surface area contributed by atoms with E-state index in [1.165, 1.54) is 22.0 Å². The van der Waals surface area contributed by atoms with Gasteiger partial charge < -0.3 is 10.2 Å². The number of carbonyl (C=O) groups excluding carboxylic acids is 2. The first-order chi connectivity index (χ1) is 13.6. The first kappa shape index (κ1) is 21.0. The van der Waals surface area contributed by atoms with Gasteiger partial charge in [0.05, 0.1) is 16.6 Å². The molecule has 1 N–H and O–H groups in total. The van der Waals surface area contributed by atoms with Crippen LogP contribution in [0.2, 0.25) is 0 Å². The zero-order valence-electron chi connectivity index (χ0n) is 17.0. The molecule has 3 rings (SSSR count). The second-order valence-corrected chi connectivity index (χ2v) is 9.02. The number of amides is 3. The van der Waals surface area contributed by atoms with E-state index in [2.05, 4.69) is 10.4 Å². The number of hydrogen-bond acceptors (Lipinski definition) is 4. The summed E-state index contributed by atoms with van der Waals surface area (Å²) in [5, 5.41) is 10.8. The third-order valence-corrected chi connectivity index (χ3v) is 5.35. The van der Waals surface area contributed by atoms with Crippen molar-refractivity contribution in [1.82, 2.24) is 15.2 Å². The summed E-state index contributed by atoms with van der Waals surface area (Å²) in [6.07, 6.45) is 0.537. The van der Waals surface area contributed by atoms with E-state index in [0.29, 0.717) is 6.42 Å². The minimum atomic E-state index is -0.400.